The van der Waals surface area contributed by atoms with Gasteiger partial charge in [-0.2, -0.15) is 0 Å². The molecule has 0 aromatic heterocycles. The number of para-hydroxylation sites is 1. The highest BCUT2D eigenvalue weighted by Crippen LogP contribution is 2.28. The molecule has 1 aliphatic rings. The average Bonchev–Trinajstić information content (AvgIpc) is 2.70. The summed E-state index contributed by atoms with van der Waals surface area (Å²) in [6, 6.07) is 11.8. The number of hydrogen-bond acceptors (Lipinski definition) is 4. The highest BCUT2D eigenvalue weighted by molar-refractivity contribution is 5.89. The summed E-state index contributed by atoms with van der Waals surface area (Å²) in [5, 5.41) is 2.64. The minimum Gasteiger partial charge on any atom is -0.493 e. The number of anilines is 1. The van der Waals surface area contributed by atoms with Crippen molar-refractivity contribution in [1.82, 2.24) is 9.80 Å². The van der Waals surface area contributed by atoms with E-state index >= 15 is 0 Å². The zero-order chi connectivity index (χ0) is 19.2. The number of rotatable bonds is 5. The smallest absolute Gasteiger partial charge is 0.322 e. The summed E-state index contributed by atoms with van der Waals surface area (Å²) < 4.78 is 24.3. The van der Waals surface area contributed by atoms with Crippen LogP contribution < -0.4 is 14.8 Å². The number of halogens is 1. The zero-order valence-electron chi connectivity index (χ0n) is 15.6. The molecule has 2 aromatic carbocycles. The van der Waals surface area contributed by atoms with E-state index < -0.39 is 5.82 Å². The van der Waals surface area contributed by atoms with Crippen LogP contribution in [0.3, 0.4) is 0 Å². The van der Waals surface area contributed by atoms with Crippen molar-refractivity contribution in [3.63, 3.8) is 0 Å². The van der Waals surface area contributed by atoms with Gasteiger partial charge in [-0.05, 0) is 29.8 Å². The summed E-state index contributed by atoms with van der Waals surface area (Å²) >= 11 is 0. The molecule has 0 saturated carbocycles. The third-order valence-electron chi connectivity index (χ3n) is 4.63. The first kappa shape index (κ1) is 19.0. The van der Waals surface area contributed by atoms with Gasteiger partial charge in [0.2, 0.25) is 0 Å². The van der Waals surface area contributed by atoms with Crippen molar-refractivity contribution in [1.29, 1.82) is 0 Å². The number of carbonyl (C=O) groups is 1. The third-order valence-corrected chi connectivity index (χ3v) is 4.63. The van der Waals surface area contributed by atoms with Crippen molar-refractivity contribution < 1.29 is 18.7 Å². The van der Waals surface area contributed by atoms with Crippen LogP contribution in [0.15, 0.2) is 42.5 Å². The van der Waals surface area contributed by atoms with Crippen LogP contribution in [0, 0.1) is 5.82 Å². The van der Waals surface area contributed by atoms with Gasteiger partial charge in [-0.15, -0.1) is 0 Å². The van der Waals surface area contributed by atoms with Crippen LogP contribution in [-0.4, -0.2) is 56.2 Å². The minimum absolute atomic E-state index is 0.204. The predicted octanol–water partition coefficient (Wildman–Crippen LogP) is 3.19. The second kappa shape index (κ2) is 8.73. The molecular formula is C20H24FN3O3. The van der Waals surface area contributed by atoms with Gasteiger partial charge < -0.3 is 19.7 Å². The maximum absolute atomic E-state index is 13.7. The average molecular weight is 373 g/mol. The van der Waals surface area contributed by atoms with Gasteiger partial charge >= 0.3 is 6.03 Å². The summed E-state index contributed by atoms with van der Waals surface area (Å²) in [6.07, 6.45) is 0. The van der Waals surface area contributed by atoms with Gasteiger partial charge in [0.25, 0.3) is 0 Å². The molecular weight excluding hydrogens is 349 g/mol. The van der Waals surface area contributed by atoms with Gasteiger partial charge in [-0.3, -0.25) is 4.90 Å². The van der Waals surface area contributed by atoms with E-state index in [2.05, 4.69) is 10.2 Å². The molecule has 6 nitrogen and oxygen atoms in total. The summed E-state index contributed by atoms with van der Waals surface area (Å²) in [4.78, 5) is 16.3. The van der Waals surface area contributed by atoms with Crippen LogP contribution in [0.2, 0.25) is 0 Å². The molecule has 0 atom stereocenters. The fourth-order valence-corrected chi connectivity index (χ4v) is 3.10. The van der Waals surface area contributed by atoms with Crippen LogP contribution in [-0.2, 0) is 6.54 Å². The van der Waals surface area contributed by atoms with E-state index in [1.165, 1.54) is 6.07 Å². The second-order valence-electron chi connectivity index (χ2n) is 6.36. The second-order valence-corrected chi connectivity index (χ2v) is 6.36. The van der Waals surface area contributed by atoms with Crippen molar-refractivity contribution in [2.24, 2.45) is 0 Å². The minimum atomic E-state index is -0.432. The maximum Gasteiger partial charge on any atom is 0.322 e. The number of nitrogens with one attached hydrogen (secondary N) is 1. The quantitative estimate of drug-likeness (QED) is 0.875. The topological polar surface area (TPSA) is 54.0 Å². The first-order valence-corrected chi connectivity index (χ1v) is 8.84. The Labute approximate surface area is 158 Å². The maximum atomic E-state index is 13.7. The number of hydrogen-bond donors (Lipinski definition) is 1. The molecule has 144 valence electrons. The fourth-order valence-electron chi connectivity index (χ4n) is 3.10. The number of carbonyl (C=O) groups excluding carboxylic acids is 1. The number of amides is 2. The largest absolute Gasteiger partial charge is 0.493 e. The Morgan fingerprint density at radius 2 is 1.74 bits per heavy atom. The number of nitrogens with zero attached hydrogens (tertiary/aromatic N) is 2. The Morgan fingerprint density at radius 3 is 2.41 bits per heavy atom. The first-order valence-electron chi connectivity index (χ1n) is 8.84. The molecule has 0 bridgehead atoms. The molecule has 2 aromatic rings. The molecule has 27 heavy (non-hydrogen) atoms. The van der Waals surface area contributed by atoms with Gasteiger partial charge in [-0.1, -0.05) is 18.2 Å². The molecule has 0 unspecified atom stereocenters. The lowest BCUT2D eigenvalue weighted by Gasteiger charge is -2.34. The lowest BCUT2D eigenvalue weighted by molar-refractivity contribution is 0.143. The van der Waals surface area contributed by atoms with Crippen LogP contribution in [0.25, 0.3) is 0 Å². The molecule has 7 heteroatoms. The molecule has 0 radical (unpaired) electrons. The van der Waals surface area contributed by atoms with Crippen molar-refractivity contribution in [2.45, 2.75) is 6.54 Å². The van der Waals surface area contributed by atoms with E-state index in [1.54, 1.807) is 37.3 Å². The lowest BCUT2D eigenvalue weighted by atomic mass is 10.1. The van der Waals surface area contributed by atoms with E-state index in [4.69, 9.17) is 9.47 Å². The molecule has 0 aliphatic carbocycles. The van der Waals surface area contributed by atoms with Crippen LogP contribution in [0.5, 0.6) is 11.5 Å². The van der Waals surface area contributed by atoms with Crippen molar-refractivity contribution >= 4 is 11.7 Å². The van der Waals surface area contributed by atoms with E-state index in [0.29, 0.717) is 24.6 Å². The lowest BCUT2D eigenvalue weighted by Crippen LogP contribution is -2.49. The van der Waals surface area contributed by atoms with Gasteiger partial charge in [0.05, 0.1) is 19.9 Å². The molecule has 0 spiro atoms. The summed E-state index contributed by atoms with van der Waals surface area (Å²) in [6.45, 7) is 3.45. The van der Waals surface area contributed by atoms with E-state index in [-0.39, 0.29) is 11.7 Å². The number of urea groups is 1. The van der Waals surface area contributed by atoms with Crippen molar-refractivity contribution in [3.8, 4) is 11.5 Å². The normalized spacial score (nSPS) is 14.7. The van der Waals surface area contributed by atoms with E-state index in [9.17, 15) is 9.18 Å². The van der Waals surface area contributed by atoms with Crippen LogP contribution >= 0.6 is 0 Å². The molecule has 3 rings (SSSR count). The Hall–Kier alpha value is -2.80. The summed E-state index contributed by atoms with van der Waals surface area (Å²) in [5.74, 6) is 0.978. The van der Waals surface area contributed by atoms with Gasteiger partial charge in [0.1, 0.15) is 5.82 Å². The standard InChI is InChI=1S/C20H24FN3O3/c1-26-18-8-7-15(13-19(18)27-2)14-23-9-11-24(12-10-23)20(25)22-17-6-4-3-5-16(17)21/h3-8,13H,9-12,14H2,1-2H3,(H,22,25). The number of benzene rings is 2. The summed E-state index contributed by atoms with van der Waals surface area (Å²) in [5.41, 5.74) is 1.33. The molecule has 1 aliphatic heterocycles. The molecule has 1 saturated heterocycles. The predicted molar refractivity (Wildman–Crippen MR) is 102 cm³/mol. The third kappa shape index (κ3) is 4.68. The van der Waals surface area contributed by atoms with Gasteiger partial charge in [0.15, 0.2) is 11.5 Å². The van der Waals surface area contributed by atoms with Crippen LogP contribution in [0.1, 0.15) is 5.56 Å². The Kier molecular flexibility index (Phi) is 6.13. The first-order chi connectivity index (χ1) is 13.1. The molecule has 2 amide bonds. The number of methoxy groups -OCH3 is 2. The van der Waals surface area contributed by atoms with Gasteiger partial charge in [0, 0.05) is 32.7 Å². The SMILES string of the molecule is COc1ccc(CN2CCN(C(=O)Nc3ccccc3F)CC2)cc1OC. The Morgan fingerprint density at radius 1 is 1.04 bits per heavy atom. The Balaban J connectivity index is 1.53. The molecule has 1 fully saturated rings. The molecule has 1 N–H and O–H groups in total. The zero-order valence-corrected chi connectivity index (χ0v) is 15.6. The monoisotopic (exact) mass is 373 g/mol. The molecule has 1 heterocycles. The van der Waals surface area contributed by atoms with Crippen molar-refractivity contribution in [2.75, 3.05) is 45.7 Å². The fraction of sp³-hybridized carbons (Fsp3) is 0.350. The highest BCUT2D eigenvalue weighted by Gasteiger charge is 2.22. The van der Waals surface area contributed by atoms with Crippen LogP contribution in [0.4, 0.5) is 14.9 Å². The van der Waals surface area contributed by atoms with E-state index in [1.807, 2.05) is 18.2 Å². The number of piperazine rings is 1. The number of ether oxygens (including phenoxy) is 2. The van der Waals surface area contributed by atoms with Crippen molar-refractivity contribution in [3.05, 3.63) is 53.8 Å². The van der Waals surface area contributed by atoms with E-state index in [0.717, 1.165) is 25.2 Å². The Bertz CT molecular complexity index is 792. The highest BCUT2D eigenvalue weighted by atomic mass is 19.1. The van der Waals surface area contributed by atoms with Gasteiger partial charge in [-0.25, -0.2) is 9.18 Å². The summed E-state index contributed by atoms with van der Waals surface area (Å²) in [7, 11) is 3.23.